The number of nitrogens with zero attached hydrogens (tertiary/aromatic N) is 5. The Morgan fingerprint density at radius 2 is 1.80 bits per heavy atom. The third kappa shape index (κ3) is 5.90. The van der Waals surface area contributed by atoms with E-state index in [1.807, 2.05) is 49.5 Å². The molecule has 30 heavy (non-hydrogen) atoms. The van der Waals surface area contributed by atoms with Gasteiger partial charge in [-0.2, -0.15) is 10.2 Å². The van der Waals surface area contributed by atoms with E-state index in [0.717, 1.165) is 16.8 Å². The first-order valence-electron chi connectivity index (χ1n) is 9.43. The van der Waals surface area contributed by atoms with Gasteiger partial charge >= 0.3 is 0 Å². The number of aryl methyl sites for hydroxylation is 1. The highest BCUT2D eigenvalue weighted by molar-refractivity contribution is 7.97. The number of hydrogen-bond donors (Lipinski definition) is 1. The summed E-state index contributed by atoms with van der Waals surface area (Å²) in [6.45, 7) is 2.10. The average molecular weight is 436 g/mol. The monoisotopic (exact) mass is 435 g/mol. The predicted molar refractivity (Wildman–Crippen MR) is 109 cm³/mol. The molecule has 0 spiro atoms. The lowest BCUT2D eigenvalue weighted by molar-refractivity contribution is -0.132. The Morgan fingerprint density at radius 1 is 1.13 bits per heavy atom. The van der Waals surface area contributed by atoms with Crippen LogP contribution >= 0.6 is 11.9 Å². The minimum Gasteiger partial charge on any atom is -0.396 e. The fraction of sp³-hybridized carbons (Fsp3) is 0.350. The lowest BCUT2D eigenvalue weighted by Crippen LogP contribution is -2.26. The number of halogens is 2. The Morgan fingerprint density at radius 3 is 2.37 bits per heavy atom. The van der Waals surface area contributed by atoms with Crippen LogP contribution in [0.3, 0.4) is 0 Å². The highest BCUT2D eigenvalue weighted by atomic mass is 32.2. The number of aromatic nitrogens is 4. The number of carbonyl (C=O) groups excluding carboxylic acids is 1. The van der Waals surface area contributed by atoms with Crippen molar-refractivity contribution in [2.75, 3.05) is 6.61 Å². The van der Waals surface area contributed by atoms with Crippen molar-refractivity contribution in [1.29, 1.82) is 0 Å². The molecule has 0 bridgehead atoms. The predicted octanol–water partition coefficient (Wildman–Crippen LogP) is 3.12. The van der Waals surface area contributed by atoms with Crippen LogP contribution in [-0.2, 0) is 24.4 Å². The molecule has 3 heterocycles. The number of amides is 1. The molecule has 1 aliphatic rings. The van der Waals surface area contributed by atoms with Crippen LogP contribution < -0.4 is 0 Å². The molecule has 1 amide bonds. The molecule has 0 fully saturated rings. The van der Waals surface area contributed by atoms with Crippen molar-refractivity contribution in [2.45, 2.75) is 44.4 Å². The first-order chi connectivity index (χ1) is 14.5. The van der Waals surface area contributed by atoms with Crippen LogP contribution in [-0.4, -0.2) is 47.9 Å². The summed E-state index contributed by atoms with van der Waals surface area (Å²) >= 11 is 1.25. The van der Waals surface area contributed by atoms with Gasteiger partial charge in [-0.1, -0.05) is 36.4 Å². The van der Waals surface area contributed by atoms with Crippen molar-refractivity contribution in [1.82, 2.24) is 23.9 Å². The van der Waals surface area contributed by atoms with Gasteiger partial charge in [0.05, 0.1) is 18.8 Å². The molecule has 0 atom stereocenters. The van der Waals surface area contributed by atoms with E-state index in [0.29, 0.717) is 18.1 Å². The molecule has 160 valence electrons. The van der Waals surface area contributed by atoms with Crippen LogP contribution in [0.2, 0.25) is 0 Å². The summed E-state index contributed by atoms with van der Waals surface area (Å²) in [5, 5.41) is 18.0. The molecule has 1 aliphatic heterocycles. The molecule has 0 saturated heterocycles. The molecule has 0 aliphatic carbocycles. The molecular weight excluding hydrogens is 412 g/mol. The molecule has 3 aromatic rings. The highest BCUT2D eigenvalue weighted by Crippen LogP contribution is 2.27. The maximum Gasteiger partial charge on any atom is 0.257 e. The fourth-order valence-electron chi connectivity index (χ4n) is 2.91. The zero-order valence-electron chi connectivity index (χ0n) is 16.5. The van der Waals surface area contributed by atoms with Crippen molar-refractivity contribution in [3.63, 3.8) is 0 Å². The van der Waals surface area contributed by atoms with Gasteiger partial charge in [-0.05, 0) is 6.92 Å². The van der Waals surface area contributed by atoms with Gasteiger partial charge in [0.2, 0.25) is 5.91 Å². The average Bonchev–Trinajstić information content (AvgIpc) is 3.37. The topological polar surface area (TPSA) is 76.2 Å². The number of rotatable bonds is 6. The first-order valence-corrected chi connectivity index (χ1v) is 10.2. The first kappa shape index (κ1) is 22.0. The summed E-state index contributed by atoms with van der Waals surface area (Å²) < 4.78 is 27.7. The highest BCUT2D eigenvalue weighted by Gasteiger charge is 2.26. The third-order valence-electron chi connectivity index (χ3n) is 4.31. The summed E-state index contributed by atoms with van der Waals surface area (Å²) in [6, 6.07) is 12.0. The van der Waals surface area contributed by atoms with Gasteiger partial charge in [0.1, 0.15) is 11.6 Å². The lowest BCUT2D eigenvalue weighted by atomic mass is 10.3. The standard InChI is InChI=1S/C14H17F2N5O2S.C6H6/c1-9-4-20(8-12(15)16)18-14(9)24-21-6-10-5-19(7-11(10)17-21)13(23)2-3-22;1-2-4-6-5-3-1/h4,6,12,22H,2-3,5,7-8H2,1H3;1-6H. The van der Waals surface area contributed by atoms with Gasteiger partial charge in [0.25, 0.3) is 6.43 Å². The number of carbonyl (C=O) groups is 1. The minimum absolute atomic E-state index is 0.101. The Bertz CT molecular complexity index is 911. The third-order valence-corrected chi connectivity index (χ3v) is 5.26. The second-order valence-electron chi connectivity index (χ2n) is 6.70. The van der Waals surface area contributed by atoms with E-state index in [1.165, 1.54) is 16.6 Å². The second-order valence-corrected chi connectivity index (χ2v) is 7.65. The maximum absolute atomic E-state index is 12.4. The number of hydrogen-bond acceptors (Lipinski definition) is 5. The van der Waals surface area contributed by atoms with Crippen LogP contribution in [0, 0.1) is 6.92 Å². The van der Waals surface area contributed by atoms with Gasteiger partial charge in [0, 0.05) is 48.4 Å². The number of fused-ring (bicyclic) bond motifs is 1. The van der Waals surface area contributed by atoms with Gasteiger partial charge < -0.3 is 10.0 Å². The maximum atomic E-state index is 12.4. The largest absolute Gasteiger partial charge is 0.396 e. The molecule has 0 radical (unpaired) electrons. The van der Waals surface area contributed by atoms with Crippen LogP contribution in [0.5, 0.6) is 0 Å². The SMILES string of the molecule is Cc1cn(CC(F)F)nc1Sn1cc2c(n1)CN(C(=O)CCO)C2.c1ccccc1. The van der Waals surface area contributed by atoms with E-state index in [2.05, 4.69) is 10.2 Å². The van der Waals surface area contributed by atoms with Crippen molar-refractivity contribution in [3.8, 4) is 0 Å². The molecule has 4 rings (SSSR count). The smallest absolute Gasteiger partial charge is 0.257 e. The van der Waals surface area contributed by atoms with Crippen molar-refractivity contribution >= 4 is 17.9 Å². The Hall–Kier alpha value is -2.72. The molecule has 10 heteroatoms. The number of aliphatic hydroxyl groups is 1. The van der Waals surface area contributed by atoms with Crippen LogP contribution in [0.15, 0.2) is 53.8 Å². The Kier molecular flexibility index (Phi) is 7.58. The van der Waals surface area contributed by atoms with Crippen molar-refractivity contribution in [2.24, 2.45) is 0 Å². The van der Waals surface area contributed by atoms with E-state index in [-0.39, 0.29) is 18.9 Å². The van der Waals surface area contributed by atoms with Crippen molar-refractivity contribution < 1.29 is 18.7 Å². The normalized spacial score (nSPS) is 12.6. The van der Waals surface area contributed by atoms with Gasteiger partial charge in [-0.15, -0.1) is 0 Å². The van der Waals surface area contributed by atoms with Crippen LogP contribution in [0.1, 0.15) is 23.2 Å². The van der Waals surface area contributed by atoms with Crippen LogP contribution in [0.4, 0.5) is 8.78 Å². The molecule has 0 unspecified atom stereocenters. The molecule has 1 N–H and O–H groups in total. The van der Waals surface area contributed by atoms with Crippen LogP contribution in [0.25, 0.3) is 0 Å². The summed E-state index contributed by atoms with van der Waals surface area (Å²) in [5.74, 6) is -0.101. The van der Waals surface area contributed by atoms with Gasteiger partial charge in [-0.3, -0.25) is 9.48 Å². The summed E-state index contributed by atoms with van der Waals surface area (Å²) in [7, 11) is 0. The Labute approximate surface area is 177 Å². The summed E-state index contributed by atoms with van der Waals surface area (Å²) in [4.78, 5) is 13.4. The zero-order valence-corrected chi connectivity index (χ0v) is 17.3. The molecule has 7 nitrogen and oxygen atoms in total. The second kappa shape index (κ2) is 10.4. The van der Waals surface area contributed by atoms with Gasteiger partial charge in [-0.25, -0.2) is 12.9 Å². The van der Waals surface area contributed by atoms with E-state index >= 15 is 0 Å². The number of aliphatic hydroxyl groups excluding tert-OH is 1. The van der Waals surface area contributed by atoms with E-state index < -0.39 is 13.0 Å². The number of benzene rings is 1. The van der Waals surface area contributed by atoms with E-state index in [9.17, 15) is 13.6 Å². The summed E-state index contributed by atoms with van der Waals surface area (Å²) in [5.41, 5.74) is 2.55. The molecule has 0 saturated carbocycles. The number of alkyl halides is 2. The lowest BCUT2D eigenvalue weighted by Gasteiger charge is -2.14. The fourth-order valence-corrected chi connectivity index (χ4v) is 3.74. The quantitative estimate of drug-likeness (QED) is 0.644. The Balaban J connectivity index is 0.000000367. The summed E-state index contributed by atoms with van der Waals surface area (Å²) in [6.07, 6.45) is 1.07. The zero-order chi connectivity index (χ0) is 21.5. The van der Waals surface area contributed by atoms with E-state index in [1.54, 1.807) is 15.2 Å². The molecular formula is C20H23F2N5O2S. The molecule has 1 aromatic carbocycles. The van der Waals surface area contributed by atoms with Crippen molar-refractivity contribution in [3.05, 3.63) is 65.6 Å². The minimum atomic E-state index is -2.45. The van der Waals surface area contributed by atoms with E-state index in [4.69, 9.17) is 5.11 Å². The molecule has 2 aromatic heterocycles. The van der Waals surface area contributed by atoms with Gasteiger partial charge in [0.15, 0.2) is 0 Å².